The van der Waals surface area contributed by atoms with Gasteiger partial charge in [0, 0.05) is 31.1 Å². The zero-order chi connectivity index (χ0) is 24.0. The van der Waals surface area contributed by atoms with Crippen molar-refractivity contribution in [2.24, 2.45) is 12.8 Å². The molecule has 1 aliphatic rings. The molecule has 0 unspecified atom stereocenters. The number of likely N-dealkylation sites (tertiary alicyclic amines) is 1. The van der Waals surface area contributed by atoms with Crippen molar-refractivity contribution in [3.8, 4) is 17.3 Å². The van der Waals surface area contributed by atoms with Crippen LogP contribution in [0.3, 0.4) is 0 Å². The lowest BCUT2D eigenvalue weighted by molar-refractivity contribution is 0.0373. The third kappa shape index (κ3) is 3.55. The van der Waals surface area contributed by atoms with Gasteiger partial charge in [-0.3, -0.25) is 4.79 Å². The molecule has 2 N–H and O–H groups in total. The van der Waals surface area contributed by atoms with Crippen LogP contribution in [-0.4, -0.2) is 57.3 Å². The topological polar surface area (TPSA) is 118 Å². The van der Waals surface area contributed by atoms with Gasteiger partial charge in [-0.05, 0) is 44.0 Å². The highest BCUT2D eigenvalue weighted by atomic mass is 16.6. The Hall–Kier alpha value is -3.95. The number of rotatable bonds is 5. The molecule has 1 saturated heterocycles. The number of primary amides is 1. The molecule has 3 aromatic heterocycles. The molecule has 10 nitrogen and oxygen atoms in total. The van der Waals surface area contributed by atoms with E-state index >= 15 is 0 Å². The number of carbonyl (C=O) groups is 2. The molecule has 1 fully saturated rings. The molecule has 178 valence electrons. The van der Waals surface area contributed by atoms with Crippen LogP contribution in [0.2, 0.25) is 0 Å². The molecule has 5 rings (SSSR count). The number of furan rings is 1. The van der Waals surface area contributed by atoms with Crippen molar-refractivity contribution in [1.82, 2.24) is 19.0 Å². The second kappa shape index (κ2) is 8.44. The van der Waals surface area contributed by atoms with E-state index in [1.165, 1.54) is 0 Å². The first kappa shape index (κ1) is 21.9. The Morgan fingerprint density at radius 3 is 2.85 bits per heavy atom. The van der Waals surface area contributed by atoms with E-state index in [-0.39, 0.29) is 5.91 Å². The van der Waals surface area contributed by atoms with Crippen molar-refractivity contribution >= 4 is 34.1 Å². The molecule has 1 atom stereocenters. The minimum atomic E-state index is -0.827. The summed E-state index contributed by atoms with van der Waals surface area (Å²) in [6.07, 6.45) is 1.86. The number of nitrogens with two attached hydrogens (primary N) is 1. The molecule has 2 amide bonds. The van der Waals surface area contributed by atoms with Crippen LogP contribution in [0.5, 0.6) is 5.75 Å². The lowest BCUT2D eigenvalue weighted by Crippen LogP contribution is -2.44. The van der Waals surface area contributed by atoms with Gasteiger partial charge in [0.25, 0.3) is 5.91 Å². The van der Waals surface area contributed by atoms with Crippen LogP contribution in [0.25, 0.3) is 33.7 Å². The summed E-state index contributed by atoms with van der Waals surface area (Å²) in [4.78, 5) is 31.0. The average molecular weight is 466 g/mol. The number of amides is 2. The third-order valence-electron chi connectivity index (χ3n) is 6.40. The number of hydrogen-bond donors (Lipinski definition) is 1. The van der Waals surface area contributed by atoms with Crippen molar-refractivity contribution < 1.29 is 23.5 Å². The predicted octanol–water partition coefficient (Wildman–Crippen LogP) is 3.52. The van der Waals surface area contributed by atoms with E-state index in [4.69, 9.17) is 24.6 Å². The minimum Gasteiger partial charge on any atom is -0.494 e. The van der Waals surface area contributed by atoms with Crippen molar-refractivity contribution in [2.75, 3.05) is 20.2 Å². The van der Waals surface area contributed by atoms with E-state index in [2.05, 4.69) is 17.6 Å². The van der Waals surface area contributed by atoms with Gasteiger partial charge in [-0.1, -0.05) is 0 Å². The summed E-state index contributed by atoms with van der Waals surface area (Å²) >= 11 is 0. The van der Waals surface area contributed by atoms with Gasteiger partial charge in [-0.15, -0.1) is 0 Å². The van der Waals surface area contributed by atoms with E-state index in [9.17, 15) is 9.59 Å². The smallest absolute Gasteiger partial charge is 0.404 e. The molecule has 0 saturated carbocycles. The fourth-order valence-electron chi connectivity index (χ4n) is 4.86. The standard InChI is InChI=1S/C24H27N5O5/c1-4-29-18(11-14-7-9-33-23(14)29)21-26-17-10-15(12-19(32-3)20(17)27(21)2)22(30)28-8-5-6-16(13-28)34-24(25)31/h7,9-12,16H,4-6,8,13H2,1-3H3,(H2,25,31)/t16-/m1/s1. The molecular formula is C24H27N5O5. The third-order valence-corrected chi connectivity index (χ3v) is 6.40. The first-order valence-electron chi connectivity index (χ1n) is 11.3. The summed E-state index contributed by atoms with van der Waals surface area (Å²) in [5.41, 5.74) is 8.80. The molecule has 0 radical (unpaired) electrons. The highest BCUT2D eigenvalue weighted by Crippen LogP contribution is 2.34. The van der Waals surface area contributed by atoms with E-state index in [0.29, 0.717) is 36.3 Å². The number of fused-ring (bicyclic) bond motifs is 2. The maximum absolute atomic E-state index is 13.3. The Labute approximate surface area is 195 Å². The van der Waals surface area contributed by atoms with Gasteiger partial charge < -0.3 is 33.7 Å². The Balaban J connectivity index is 1.55. The Kier molecular flexibility index (Phi) is 5.43. The van der Waals surface area contributed by atoms with Gasteiger partial charge in [0.2, 0.25) is 5.71 Å². The summed E-state index contributed by atoms with van der Waals surface area (Å²) in [6, 6.07) is 7.50. The minimum absolute atomic E-state index is 0.167. The van der Waals surface area contributed by atoms with E-state index in [1.54, 1.807) is 30.4 Å². The van der Waals surface area contributed by atoms with Gasteiger partial charge in [0.1, 0.15) is 17.4 Å². The number of imidazole rings is 1. The van der Waals surface area contributed by atoms with Gasteiger partial charge in [-0.25, -0.2) is 9.78 Å². The summed E-state index contributed by atoms with van der Waals surface area (Å²) in [6.45, 7) is 3.66. The monoisotopic (exact) mass is 465 g/mol. The SMILES string of the molecule is CCn1c(-c2nc3cc(C(=O)N4CCC[C@@H](OC(N)=O)C4)cc(OC)c3n2C)cc2ccoc21. The number of methoxy groups -OCH3 is 1. The maximum Gasteiger partial charge on any atom is 0.404 e. The second-order valence-electron chi connectivity index (χ2n) is 8.45. The highest BCUT2D eigenvalue weighted by molar-refractivity contribution is 6.00. The van der Waals surface area contributed by atoms with Gasteiger partial charge in [0.15, 0.2) is 5.82 Å². The molecule has 1 aliphatic heterocycles. The number of carbonyl (C=O) groups excluding carboxylic acids is 2. The van der Waals surface area contributed by atoms with E-state index < -0.39 is 12.2 Å². The number of aromatic nitrogens is 3. The van der Waals surface area contributed by atoms with Crippen LogP contribution in [0.15, 0.2) is 34.9 Å². The van der Waals surface area contributed by atoms with Crippen LogP contribution in [0.1, 0.15) is 30.1 Å². The van der Waals surface area contributed by atoms with Gasteiger partial charge >= 0.3 is 6.09 Å². The Bertz CT molecular complexity index is 1400. The summed E-state index contributed by atoms with van der Waals surface area (Å²) in [7, 11) is 3.51. The molecule has 34 heavy (non-hydrogen) atoms. The van der Waals surface area contributed by atoms with Crippen LogP contribution in [0, 0.1) is 0 Å². The number of hydrogen-bond acceptors (Lipinski definition) is 6. The summed E-state index contributed by atoms with van der Waals surface area (Å²) in [5.74, 6) is 1.14. The number of aryl methyl sites for hydroxylation is 2. The predicted molar refractivity (Wildman–Crippen MR) is 126 cm³/mol. The van der Waals surface area contributed by atoms with Gasteiger partial charge in [0.05, 0.1) is 31.1 Å². The molecule has 0 bridgehead atoms. The summed E-state index contributed by atoms with van der Waals surface area (Å²) < 4.78 is 20.5. The van der Waals surface area contributed by atoms with Crippen molar-refractivity contribution in [2.45, 2.75) is 32.4 Å². The lowest BCUT2D eigenvalue weighted by Gasteiger charge is -2.32. The van der Waals surface area contributed by atoms with Crippen LogP contribution in [-0.2, 0) is 18.3 Å². The largest absolute Gasteiger partial charge is 0.494 e. The molecular weight excluding hydrogens is 438 g/mol. The normalized spacial score (nSPS) is 16.3. The molecule has 1 aromatic carbocycles. The number of benzene rings is 1. The summed E-state index contributed by atoms with van der Waals surface area (Å²) in [5, 5.41) is 1.00. The van der Waals surface area contributed by atoms with Crippen LogP contribution in [0.4, 0.5) is 4.79 Å². The Morgan fingerprint density at radius 1 is 1.29 bits per heavy atom. The highest BCUT2D eigenvalue weighted by Gasteiger charge is 2.28. The van der Waals surface area contributed by atoms with E-state index in [0.717, 1.165) is 41.1 Å². The van der Waals surface area contributed by atoms with Crippen LogP contribution < -0.4 is 10.5 Å². The zero-order valence-corrected chi connectivity index (χ0v) is 19.4. The molecule has 0 aliphatic carbocycles. The quantitative estimate of drug-likeness (QED) is 0.482. The van der Waals surface area contributed by atoms with E-state index in [1.807, 2.05) is 17.7 Å². The Morgan fingerprint density at radius 2 is 2.12 bits per heavy atom. The molecule has 4 aromatic rings. The van der Waals surface area contributed by atoms with Crippen molar-refractivity contribution in [1.29, 1.82) is 0 Å². The average Bonchev–Trinajstić information content (AvgIpc) is 3.50. The lowest BCUT2D eigenvalue weighted by atomic mass is 10.1. The molecule has 0 spiro atoms. The van der Waals surface area contributed by atoms with Crippen LogP contribution >= 0.6 is 0 Å². The van der Waals surface area contributed by atoms with Crippen molar-refractivity contribution in [3.63, 3.8) is 0 Å². The van der Waals surface area contributed by atoms with Crippen molar-refractivity contribution in [3.05, 3.63) is 36.1 Å². The first-order valence-corrected chi connectivity index (χ1v) is 11.3. The number of ether oxygens (including phenoxy) is 2. The second-order valence-corrected chi connectivity index (χ2v) is 8.45. The zero-order valence-electron chi connectivity index (χ0n) is 19.4. The fourth-order valence-corrected chi connectivity index (χ4v) is 4.86. The fraction of sp³-hybridized carbons (Fsp3) is 0.375. The number of piperidine rings is 1. The maximum atomic E-state index is 13.3. The number of nitrogens with zero attached hydrogens (tertiary/aromatic N) is 4. The molecule has 10 heteroatoms. The first-order chi connectivity index (χ1) is 16.4. The molecule has 4 heterocycles. The van der Waals surface area contributed by atoms with Gasteiger partial charge in [-0.2, -0.15) is 0 Å².